The molecule has 1 rings (SSSR count). The van der Waals surface area contributed by atoms with Gasteiger partial charge in [0.05, 0.1) is 0 Å². The third kappa shape index (κ3) is 3.86. The van der Waals surface area contributed by atoms with Gasteiger partial charge in [-0.1, -0.05) is 0 Å². The lowest BCUT2D eigenvalue weighted by atomic mass is 10.2. The van der Waals surface area contributed by atoms with Gasteiger partial charge in [0.15, 0.2) is 0 Å². The molecule has 0 unspecified atom stereocenters. The molecule has 0 atom stereocenters. The van der Waals surface area contributed by atoms with Gasteiger partial charge in [-0.05, 0) is 24.3 Å². The van der Waals surface area contributed by atoms with Gasteiger partial charge in [-0.25, -0.2) is 0 Å². The Labute approximate surface area is 77.6 Å². The minimum Gasteiger partial charge on any atom is -0.399 e. The second kappa shape index (κ2) is 6.01. The molecule has 1 aromatic rings. The zero-order valence-corrected chi connectivity index (χ0v) is 7.32. The molecule has 0 saturated heterocycles. The maximum Gasteiger partial charge on any atom is 0.150 e. The predicted molar refractivity (Wildman–Crippen MR) is 50.7 cm³/mol. The van der Waals surface area contributed by atoms with E-state index in [4.69, 9.17) is 5.73 Å². The normalized spacial score (nSPS) is 7.27. The average Bonchev–Trinajstić information content (AvgIpc) is 1.90. The van der Waals surface area contributed by atoms with Crippen LogP contribution in [0, 0.1) is 0 Å². The highest BCUT2D eigenvalue weighted by atomic mass is 35.5. The molecule has 0 amide bonds. The number of nitrogens with two attached hydrogens (primary N) is 1. The van der Waals surface area contributed by atoms with E-state index in [9.17, 15) is 4.79 Å². The number of anilines is 1. The van der Waals surface area contributed by atoms with E-state index in [1.165, 1.54) is 0 Å². The van der Waals surface area contributed by atoms with E-state index in [0.717, 1.165) is 6.29 Å². The molecular formula is C7H9Cl2NO. The first kappa shape index (κ1) is 12.9. The van der Waals surface area contributed by atoms with Crippen molar-refractivity contribution >= 4 is 36.8 Å². The molecule has 0 heterocycles. The number of nitrogen functional groups attached to an aromatic ring is 1. The fraction of sp³-hybridized carbons (Fsp3) is 0. The molecule has 62 valence electrons. The van der Waals surface area contributed by atoms with Crippen molar-refractivity contribution in [3.63, 3.8) is 0 Å². The number of rotatable bonds is 1. The van der Waals surface area contributed by atoms with Crippen LogP contribution >= 0.6 is 24.8 Å². The maximum absolute atomic E-state index is 10.1. The van der Waals surface area contributed by atoms with Crippen molar-refractivity contribution < 1.29 is 4.79 Å². The molecule has 0 fully saturated rings. The zero-order chi connectivity index (χ0) is 6.69. The summed E-state index contributed by atoms with van der Waals surface area (Å²) >= 11 is 0. The fourth-order valence-electron chi connectivity index (χ4n) is 0.575. The third-order valence-electron chi connectivity index (χ3n) is 1.07. The third-order valence-corrected chi connectivity index (χ3v) is 1.07. The topological polar surface area (TPSA) is 43.1 Å². The van der Waals surface area contributed by atoms with E-state index in [2.05, 4.69) is 0 Å². The molecule has 2 N–H and O–H groups in total. The van der Waals surface area contributed by atoms with Crippen LogP contribution in [0.2, 0.25) is 0 Å². The van der Waals surface area contributed by atoms with Gasteiger partial charge in [0.25, 0.3) is 0 Å². The highest BCUT2D eigenvalue weighted by Crippen LogP contribution is 2.01. The number of benzene rings is 1. The monoisotopic (exact) mass is 193 g/mol. The second-order valence-electron chi connectivity index (χ2n) is 1.78. The summed E-state index contributed by atoms with van der Waals surface area (Å²) in [5, 5.41) is 0. The summed E-state index contributed by atoms with van der Waals surface area (Å²) in [4.78, 5) is 10.1. The Balaban J connectivity index is 0. The van der Waals surface area contributed by atoms with Crippen LogP contribution in [0.1, 0.15) is 10.4 Å². The van der Waals surface area contributed by atoms with E-state index >= 15 is 0 Å². The van der Waals surface area contributed by atoms with Crippen LogP contribution in [0.5, 0.6) is 0 Å². The summed E-state index contributed by atoms with van der Waals surface area (Å²) in [6, 6.07) is 6.76. The summed E-state index contributed by atoms with van der Waals surface area (Å²) in [6.45, 7) is 0. The Morgan fingerprint density at radius 1 is 1.09 bits per heavy atom. The summed E-state index contributed by atoms with van der Waals surface area (Å²) in [5.74, 6) is 0. The fourth-order valence-corrected chi connectivity index (χ4v) is 0.575. The standard InChI is InChI=1S/C7H7NO.2ClH/c8-7-3-1-6(5-9)2-4-7;;/h1-5H,8H2;2*1H. The number of hydrogen-bond donors (Lipinski definition) is 1. The van der Waals surface area contributed by atoms with Gasteiger partial charge in [-0.3, -0.25) is 4.79 Å². The minimum absolute atomic E-state index is 0. The highest BCUT2D eigenvalue weighted by Gasteiger charge is 1.85. The Morgan fingerprint density at radius 3 is 1.91 bits per heavy atom. The van der Waals surface area contributed by atoms with Crippen molar-refractivity contribution in [2.45, 2.75) is 0 Å². The van der Waals surface area contributed by atoms with Crippen molar-refractivity contribution in [3.8, 4) is 0 Å². The Morgan fingerprint density at radius 2 is 1.55 bits per heavy atom. The van der Waals surface area contributed by atoms with E-state index in [0.29, 0.717) is 11.3 Å². The lowest BCUT2D eigenvalue weighted by Crippen LogP contribution is -1.84. The summed E-state index contributed by atoms with van der Waals surface area (Å²) in [7, 11) is 0. The number of halogens is 2. The van der Waals surface area contributed by atoms with Gasteiger partial charge >= 0.3 is 0 Å². The molecule has 11 heavy (non-hydrogen) atoms. The van der Waals surface area contributed by atoms with Crippen LogP contribution in [0.4, 0.5) is 5.69 Å². The highest BCUT2D eigenvalue weighted by molar-refractivity contribution is 5.85. The summed E-state index contributed by atoms with van der Waals surface area (Å²) in [6.07, 6.45) is 0.791. The SMILES string of the molecule is Cl.Cl.Nc1ccc(C=O)cc1. The molecule has 0 saturated carbocycles. The molecule has 0 aliphatic carbocycles. The summed E-state index contributed by atoms with van der Waals surface area (Å²) < 4.78 is 0. The van der Waals surface area contributed by atoms with E-state index in [1.807, 2.05) is 0 Å². The van der Waals surface area contributed by atoms with Gasteiger partial charge in [0.2, 0.25) is 0 Å². The number of carbonyl (C=O) groups excluding carboxylic acids is 1. The smallest absolute Gasteiger partial charge is 0.150 e. The molecule has 0 aliphatic rings. The summed E-state index contributed by atoms with van der Waals surface area (Å²) in [5.41, 5.74) is 6.70. The first-order valence-electron chi connectivity index (χ1n) is 2.63. The number of carbonyl (C=O) groups is 1. The molecule has 0 aliphatic heterocycles. The van der Waals surface area contributed by atoms with Crippen LogP contribution in [-0.4, -0.2) is 6.29 Å². The van der Waals surface area contributed by atoms with Crippen molar-refractivity contribution in [1.29, 1.82) is 0 Å². The van der Waals surface area contributed by atoms with Gasteiger partial charge in [-0.15, -0.1) is 24.8 Å². The second-order valence-corrected chi connectivity index (χ2v) is 1.78. The minimum atomic E-state index is 0. The van der Waals surface area contributed by atoms with Crippen LogP contribution in [0.15, 0.2) is 24.3 Å². The molecule has 4 heteroatoms. The van der Waals surface area contributed by atoms with Crippen molar-refractivity contribution in [2.75, 3.05) is 5.73 Å². The molecular weight excluding hydrogens is 185 g/mol. The Kier molecular flexibility index (Phi) is 7.05. The van der Waals surface area contributed by atoms with Crippen LogP contribution in [-0.2, 0) is 0 Å². The maximum atomic E-state index is 10.1. The number of hydrogen-bond acceptors (Lipinski definition) is 2. The number of aldehydes is 1. The largest absolute Gasteiger partial charge is 0.399 e. The van der Waals surface area contributed by atoms with Crippen molar-refractivity contribution in [2.24, 2.45) is 0 Å². The lowest BCUT2D eigenvalue weighted by Gasteiger charge is -1.89. The first-order valence-corrected chi connectivity index (χ1v) is 2.63. The molecule has 0 bridgehead atoms. The first-order chi connectivity index (χ1) is 4.33. The van der Waals surface area contributed by atoms with E-state index < -0.39 is 0 Å². The molecule has 1 aromatic carbocycles. The lowest BCUT2D eigenvalue weighted by molar-refractivity contribution is 0.112. The van der Waals surface area contributed by atoms with E-state index in [-0.39, 0.29) is 24.8 Å². The van der Waals surface area contributed by atoms with Crippen LogP contribution in [0.3, 0.4) is 0 Å². The van der Waals surface area contributed by atoms with Crippen molar-refractivity contribution in [1.82, 2.24) is 0 Å². The van der Waals surface area contributed by atoms with E-state index in [1.54, 1.807) is 24.3 Å². The zero-order valence-electron chi connectivity index (χ0n) is 5.69. The molecule has 0 aromatic heterocycles. The quantitative estimate of drug-likeness (QED) is 0.548. The van der Waals surface area contributed by atoms with Crippen LogP contribution in [0.25, 0.3) is 0 Å². The van der Waals surface area contributed by atoms with Gasteiger partial charge in [0.1, 0.15) is 6.29 Å². The molecule has 0 spiro atoms. The Hall–Kier alpha value is -0.730. The van der Waals surface area contributed by atoms with Gasteiger partial charge < -0.3 is 5.73 Å². The van der Waals surface area contributed by atoms with Gasteiger partial charge in [0, 0.05) is 11.3 Å². The van der Waals surface area contributed by atoms with Crippen molar-refractivity contribution in [3.05, 3.63) is 29.8 Å². The molecule has 0 radical (unpaired) electrons. The average molecular weight is 194 g/mol. The van der Waals surface area contributed by atoms with Gasteiger partial charge in [-0.2, -0.15) is 0 Å². The Bertz CT molecular complexity index is 210. The predicted octanol–water partition coefficient (Wildman–Crippen LogP) is 1.92. The van der Waals surface area contributed by atoms with Crippen LogP contribution < -0.4 is 5.73 Å². The molecule has 2 nitrogen and oxygen atoms in total.